The summed E-state index contributed by atoms with van der Waals surface area (Å²) < 4.78 is 29.2. The molecule has 2 aliphatic rings. The standard InChI is InChI=1S/C23H26FNO6/c1-12-10-16-20(21(26)17(12)22(27)30-4)19(14-6-5-7-15(24)11-14)18(13(2)25-16)23(28)31-9-8-29-3/h5-7,11-12,17,19,25H,8-10H2,1-4H3/t12-,17+,19-/m1/s1. The smallest absolute Gasteiger partial charge is 0.336 e. The van der Waals surface area contributed by atoms with Crippen molar-refractivity contribution in [3.63, 3.8) is 0 Å². The van der Waals surface area contributed by atoms with Crippen molar-refractivity contribution in [2.45, 2.75) is 26.2 Å². The molecule has 0 amide bonds. The largest absolute Gasteiger partial charge is 0.468 e. The summed E-state index contributed by atoms with van der Waals surface area (Å²) in [4.78, 5) is 38.8. The molecular weight excluding hydrogens is 405 g/mol. The van der Waals surface area contributed by atoms with Gasteiger partial charge >= 0.3 is 11.9 Å². The Labute approximate surface area is 180 Å². The van der Waals surface area contributed by atoms with E-state index in [1.54, 1.807) is 19.9 Å². The molecule has 3 rings (SSSR count). The van der Waals surface area contributed by atoms with E-state index < -0.39 is 35.4 Å². The molecule has 0 saturated heterocycles. The number of dihydropyridines is 1. The number of Topliss-reactive ketones (excluding diaryl/α,β-unsaturated/α-hetero) is 1. The average molecular weight is 431 g/mol. The summed E-state index contributed by atoms with van der Waals surface area (Å²) in [5, 5.41) is 3.15. The first-order chi connectivity index (χ1) is 14.8. The fraction of sp³-hybridized carbons (Fsp3) is 0.435. The van der Waals surface area contributed by atoms with E-state index in [9.17, 15) is 18.8 Å². The zero-order valence-electron chi connectivity index (χ0n) is 18.0. The van der Waals surface area contributed by atoms with E-state index in [0.29, 0.717) is 23.4 Å². The van der Waals surface area contributed by atoms with Crippen molar-refractivity contribution in [1.82, 2.24) is 5.32 Å². The minimum Gasteiger partial charge on any atom is -0.468 e. The number of hydrogen-bond donors (Lipinski definition) is 1. The van der Waals surface area contributed by atoms with E-state index in [1.807, 2.05) is 0 Å². The molecule has 7 nitrogen and oxygen atoms in total. The number of nitrogens with one attached hydrogen (secondary N) is 1. The number of ether oxygens (including phenoxy) is 3. The van der Waals surface area contributed by atoms with Gasteiger partial charge in [0.15, 0.2) is 5.78 Å². The van der Waals surface area contributed by atoms with E-state index >= 15 is 0 Å². The Morgan fingerprint density at radius 1 is 1.23 bits per heavy atom. The van der Waals surface area contributed by atoms with Crippen LogP contribution in [-0.4, -0.2) is 45.2 Å². The maximum absolute atomic E-state index is 14.1. The molecule has 1 aromatic carbocycles. The minimum absolute atomic E-state index is 0.0314. The predicted octanol–water partition coefficient (Wildman–Crippen LogP) is 2.63. The van der Waals surface area contributed by atoms with Crippen LogP contribution in [0.2, 0.25) is 0 Å². The molecule has 8 heteroatoms. The Morgan fingerprint density at radius 3 is 2.61 bits per heavy atom. The number of hydrogen-bond acceptors (Lipinski definition) is 7. The minimum atomic E-state index is -0.995. The number of carbonyl (C=O) groups excluding carboxylic acids is 3. The van der Waals surface area contributed by atoms with E-state index in [0.717, 1.165) is 0 Å². The summed E-state index contributed by atoms with van der Waals surface area (Å²) in [6.45, 7) is 3.76. The molecule has 0 saturated carbocycles. The first-order valence-electron chi connectivity index (χ1n) is 10.0. The third-order valence-electron chi connectivity index (χ3n) is 5.67. The zero-order chi connectivity index (χ0) is 22.7. The predicted molar refractivity (Wildman–Crippen MR) is 109 cm³/mol. The van der Waals surface area contributed by atoms with Crippen LogP contribution in [0.4, 0.5) is 4.39 Å². The van der Waals surface area contributed by atoms with Gasteiger partial charge in [-0.2, -0.15) is 0 Å². The topological polar surface area (TPSA) is 90.9 Å². The number of ketones is 1. The van der Waals surface area contributed by atoms with E-state index in [4.69, 9.17) is 14.2 Å². The van der Waals surface area contributed by atoms with Crippen molar-refractivity contribution < 1.29 is 33.0 Å². The molecule has 166 valence electrons. The highest BCUT2D eigenvalue weighted by molar-refractivity contribution is 6.12. The number of allylic oxidation sites excluding steroid dienone is 3. The lowest BCUT2D eigenvalue weighted by Crippen LogP contribution is -2.43. The Bertz CT molecular complexity index is 967. The lowest BCUT2D eigenvalue weighted by molar-refractivity contribution is -0.151. The molecular formula is C23H26FNO6. The van der Waals surface area contributed by atoms with E-state index in [1.165, 1.54) is 32.4 Å². The molecule has 0 bridgehead atoms. The molecule has 1 aromatic rings. The van der Waals surface area contributed by atoms with Gasteiger partial charge in [-0.1, -0.05) is 19.1 Å². The van der Waals surface area contributed by atoms with Crippen LogP contribution >= 0.6 is 0 Å². The first-order valence-corrected chi connectivity index (χ1v) is 10.0. The fourth-order valence-electron chi connectivity index (χ4n) is 4.27. The molecule has 0 unspecified atom stereocenters. The van der Waals surface area contributed by atoms with E-state index in [-0.39, 0.29) is 30.3 Å². The van der Waals surface area contributed by atoms with Crippen molar-refractivity contribution in [3.05, 3.63) is 58.2 Å². The Kier molecular flexibility index (Phi) is 6.90. The van der Waals surface area contributed by atoms with Crippen molar-refractivity contribution in [2.75, 3.05) is 27.4 Å². The zero-order valence-corrected chi connectivity index (χ0v) is 18.0. The number of benzene rings is 1. The molecule has 3 atom stereocenters. The molecule has 1 N–H and O–H groups in total. The molecule has 0 aromatic heterocycles. The monoisotopic (exact) mass is 431 g/mol. The number of halogens is 1. The van der Waals surface area contributed by atoms with Gasteiger partial charge in [-0.25, -0.2) is 9.18 Å². The summed E-state index contributed by atoms with van der Waals surface area (Å²) in [6, 6.07) is 5.74. The van der Waals surface area contributed by atoms with Crippen LogP contribution in [0.25, 0.3) is 0 Å². The maximum Gasteiger partial charge on any atom is 0.336 e. The third kappa shape index (κ3) is 4.39. The normalized spacial score (nSPS) is 23.3. The highest BCUT2D eigenvalue weighted by Gasteiger charge is 2.47. The molecule has 0 radical (unpaired) electrons. The van der Waals surface area contributed by atoms with Gasteiger partial charge in [-0.15, -0.1) is 0 Å². The Balaban J connectivity index is 2.12. The summed E-state index contributed by atoms with van der Waals surface area (Å²) in [6.07, 6.45) is 0.413. The molecule has 31 heavy (non-hydrogen) atoms. The lowest BCUT2D eigenvalue weighted by Gasteiger charge is -2.38. The highest BCUT2D eigenvalue weighted by atomic mass is 19.1. The molecule has 1 aliphatic heterocycles. The van der Waals surface area contributed by atoms with Gasteiger partial charge < -0.3 is 19.5 Å². The summed E-state index contributed by atoms with van der Waals surface area (Å²) in [7, 11) is 2.72. The lowest BCUT2D eigenvalue weighted by atomic mass is 9.69. The third-order valence-corrected chi connectivity index (χ3v) is 5.67. The summed E-state index contributed by atoms with van der Waals surface area (Å²) in [5.74, 6) is -4.34. The highest BCUT2D eigenvalue weighted by Crippen LogP contribution is 2.45. The molecule has 0 fully saturated rings. The van der Waals surface area contributed by atoms with Crippen LogP contribution < -0.4 is 5.32 Å². The van der Waals surface area contributed by atoms with Crippen molar-refractivity contribution in [2.24, 2.45) is 11.8 Å². The first kappa shape index (κ1) is 22.7. The second kappa shape index (κ2) is 9.43. The average Bonchev–Trinajstić information content (AvgIpc) is 2.72. The number of methoxy groups -OCH3 is 2. The van der Waals surface area contributed by atoms with Gasteiger partial charge in [0.2, 0.25) is 0 Å². The second-order valence-corrected chi connectivity index (χ2v) is 7.72. The van der Waals surface area contributed by atoms with Crippen molar-refractivity contribution in [3.8, 4) is 0 Å². The summed E-state index contributed by atoms with van der Waals surface area (Å²) >= 11 is 0. The Hall–Kier alpha value is -3.00. The van der Waals surface area contributed by atoms with Gasteiger partial charge in [0.25, 0.3) is 0 Å². The summed E-state index contributed by atoms with van der Waals surface area (Å²) in [5.41, 5.74) is 2.04. The number of carbonyl (C=O) groups is 3. The van der Waals surface area contributed by atoms with Gasteiger partial charge in [0.05, 0.1) is 19.3 Å². The van der Waals surface area contributed by atoms with Gasteiger partial charge in [0, 0.05) is 30.0 Å². The number of esters is 2. The maximum atomic E-state index is 14.1. The van der Waals surface area contributed by atoms with Crippen LogP contribution in [0.1, 0.15) is 31.7 Å². The molecule has 0 spiro atoms. The fourth-order valence-corrected chi connectivity index (χ4v) is 4.27. The van der Waals surface area contributed by atoms with Gasteiger partial charge in [-0.05, 0) is 37.0 Å². The Morgan fingerprint density at radius 2 is 1.97 bits per heavy atom. The second-order valence-electron chi connectivity index (χ2n) is 7.72. The van der Waals surface area contributed by atoms with Crippen molar-refractivity contribution in [1.29, 1.82) is 0 Å². The van der Waals surface area contributed by atoms with E-state index in [2.05, 4.69) is 5.32 Å². The van der Waals surface area contributed by atoms with Crippen LogP contribution in [-0.2, 0) is 28.6 Å². The van der Waals surface area contributed by atoms with Crippen LogP contribution in [0.5, 0.6) is 0 Å². The van der Waals surface area contributed by atoms with Crippen molar-refractivity contribution >= 4 is 17.7 Å². The SMILES string of the molecule is COCCOC(=O)C1=C(C)NC2=C(C(=O)[C@@H](C(=O)OC)[C@H](C)C2)[C@@H]1c1cccc(F)c1. The van der Waals surface area contributed by atoms with Crippen LogP contribution in [0.3, 0.4) is 0 Å². The number of rotatable bonds is 6. The quantitative estimate of drug-likeness (QED) is 0.421. The molecule has 1 heterocycles. The van der Waals surface area contributed by atoms with Crippen LogP contribution in [0, 0.1) is 17.7 Å². The van der Waals surface area contributed by atoms with Gasteiger partial charge in [0.1, 0.15) is 18.3 Å². The molecule has 1 aliphatic carbocycles. The van der Waals surface area contributed by atoms with Gasteiger partial charge in [-0.3, -0.25) is 9.59 Å². The van der Waals surface area contributed by atoms with Crippen LogP contribution in [0.15, 0.2) is 46.8 Å².